The number of likely N-dealkylation sites (tertiary alicyclic amines) is 1. The lowest BCUT2D eigenvalue weighted by Gasteiger charge is -2.26. The van der Waals surface area contributed by atoms with Crippen LogP contribution in [0.5, 0.6) is 0 Å². The molecule has 1 amide bonds. The van der Waals surface area contributed by atoms with Crippen LogP contribution in [0.25, 0.3) is 0 Å². The number of carbonyl (C=O) groups excluding carboxylic acids is 1. The molecule has 1 unspecified atom stereocenters. The highest BCUT2D eigenvalue weighted by atomic mass is 16.2. The van der Waals surface area contributed by atoms with Crippen molar-refractivity contribution in [1.29, 1.82) is 0 Å². The van der Waals surface area contributed by atoms with E-state index in [1.165, 1.54) is 18.4 Å². The van der Waals surface area contributed by atoms with Crippen molar-refractivity contribution in [3.8, 4) is 0 Å². The van der Waals surface area contributed by atoms with Crippen LogP contribution in [0.3, 0.4) is 0 Å². The first-order valence-corrected chi connectivity index (χ1v) is 7.56. The summed E-state index contributed by atoms with van der Waals surface area (Å²) in [4.78, 5) is 16.9. The Labute approximate surface area is 120 Å². The molecule has 0 aliphatic carbocycles. The first-order valence-electron chi connectivity index (χ1n) is 7.56. The molecule has 4 heteroatoms. The van der Waals surface area contributed by atoms with Crippen LogP contribution in [0, 0.1) is 0 Å². The van der Waals surface area contributed by atoms with Crippen molar-refractivity contribution >= 4 is 11.6 Å². The van der Waals surface area contributed by atoms with Gasteiger partial charge in [0.15, 0.2) is 0 Å². The minimum atomic E-state index is 0.248. The maximum atomic E-state index is 12.6. The van der Waals surface area contributed by atoms with Gasteiger partial charge in [-0.15, -0.1) is 0 Å². The minimum Gasteiger partial charge on any atom is -0.318 e. The van der Waals surface area contributed by atoms with Crippen LogP contribution in [0.1, 0.15) is 18.4 Å². The molecule has 4 nitrogen and oxygen atoms in total. The van der Waals surface area contributed by atoms with Gasteiger partial charge in [0.1, 0.15) is 0 Å². The van der Waals surface area contributed by atoms with E-state index >= 15 is 0 Å². The van der Waals surface area contributed by atoms with Crippen molar-refractivity contribution in [1.82, 2.24) is 10.2 Å². The second-order valence-electron chi connectivity index (χ2n) is 5.75. The molecule has 2 aliphatic heterocycles. The van der Waals surface area contributed by atoms with E-state index in [0.29, 0.717) is 12.6 Å². The number of hydrogen-bond acceptors (Lipinski definition) is 3. The Morgan fingerprint density at radius 3 is 3.05 bits per heavy atom. The summed E-state index contributed by atoms with van der Waals surface area (Å²) < 4.78 is 0. The monoisotopic (exact) mass is 273 g/mol. The molecular weight excluding hydrogens is 250 g/mol. The van der Waals surface area contributed by atoms with Gasteiger partial charge in [-0.25, -0.2) is 0 Å². The quantitative estimate of drug-likeness (QED) is 0.897. The van der Waals surface area contributed by atoms with Crippen LogP contribution in [0.15, 0.2) is 24.3 Å². The largest absolute Gasteiger partial charge is 0.318 e. The topological polar surface area (TPSA) is 35.6 Å². The molecular formula is C16H23N3O. The lowest BCUT2D eigenvalue weighted by atomic mass is 10.2. The molecule has 20 heavy (non-hydrogen) atoms. The van der Waals surface area contributed by atoms with Crippen LogP contribution >= 0.6 is 0 Å². The molecule has 0 aromatic heterocycles. The van der Waals surface area contributed by atoms with Gasteiger partial charge in [0.05, 0.1) is 6.54 Å². The third kappa shape index (κ3) is 2.58. The molecule has 3 rings (SSSR count). The molecule has 0 saturated carbocycles. The molecule has 1 N–H and O–H groups in total. The average molecular weight is 273 g/mol. The minimum absolute atomic E-state index is 0.248. The number of nitrogens with zero attached hydrogens (tertiary/aromatic N) is 2. The van der Waals surface area contributed by atoms with E-state index in [-0.39, 0.29) is 5.91 Å². The summed E-state index contributed by atoms with van der Waals surface area (Å²) in [6.45, 7) is 3.42. The molecule has 2 aliphatic rings. The van der Waals surface area contributed by atoms with E-state index in [1.54, 1.807) is 0 Å². The standard InChI is InChI=1S/C16H23N3O/c1-17-11-14-6-4-9-18(14)12-16(20)19-10-8-13-5-2-3-7-15(13)19/h2-3,5,7,14,17H,4,6,8-12H2,1H3. The number of likely N-dealkylation sites (N-methyl/N-ethyl adjacent to an activating group) is 1. The Hall–Kier alpha value is -1.39. The SMILES string of the molecule is CNCC1CCCN1CC(=O)N1CCc2ccccc21. The zero-order chi connectivity index (χ0) is 13.9. The maximum Gasteiger partial charge on any atom is 0.241 e. The van der Waals surface area contributed by atoms with Gasteiger partial charge in [0.2, 0.25) is 5.91 Å². The van der Waals surface area contributed by atoms with Crippen LogP contribution < -0.4 is 10.2 Å². The van der Waals surface area contributed by atoms with Gasteiger partial charge < -0.3 is 10.2 Å². The summed E-state index contributed by atoms with van der Waals surface area (Å²) in [6, 6.07) is 8.78. The number of rotatable bonds is 4. The van der Waals surface area contributed by atoms with Crippen LogP contribution in [0.2, 0.25) is 0 Å². The number of hydrogen-bond donors (Lipinski definition) is 1. The third-order valence-electron chi connectivity index (χ3n) is 4.47. The molecule has 2 heterocycles. The molecule has 1 aromatic carbocycles. The van der Waals surface area contributed by atoms with Crippen molar-refractivity contribution in [3.05, 3.63) is 29.8 Å². The Morgan fingerprint density at radius 2 is 2.20 bits per heavy atom. The van der Waals surface area contributed by atoms with Gasteiger partial charge in [-0.3, -0.25) is 9.69 Å². The fourth-order valence-electron chi connectivity index (χ4n) is 3.43. The van der Waals surface area contributed by atoms with Crippen LogP contribution in [-0.4, -0.2) is 50.1 Å². The molecule has 0 bridgehead atoms. The van der Waals surface area contributed by atoms with E-state index in [4.69, 9.17) is 0 Å². The number of carbonyl (C=O) groups is 1. The van der Waals surface area contributed by atoms with Crippen LogP contribution in [-0.2, 0) is 11.2 Å². The summed E-state index contributed by atoms with van der Waals surface area (Å²) in [5.74, 6) is 0.248. The zero-order valence-corrected chi connectivity index (χ0v) is 12.1. The lowest BCUT2D eigenvalue weighted by Crippen LogP contribution is -2.44. The van der Waals surface area contributed by atoms with Crippen LogP contribution in [0.4, 0.5) is 5.69 Å². The summed E-state index contributed by atoms with van der Waals surface area (Å²) in [5.41, 5.74) is 2.41. The molecule has 1 atom stereocenters. The Bertz CT molecular complexity index is 488. The zero-order valence-electron chi connectivity index (χ0n) is 12.1. The van der Waals surface area contributed by atoms with Crippen molar-refractivity contribution in [2.75, 3.05) is 38.1 Å². The van der Waals surface area contributed by atoms with Gasteiger partial charge in [-0.2, -0.15) is 0 Å². The van der Waals surface area contributed by atoms with Crippen molar-refractivity contribution in [3.63, 3.8) is 0 Å². The first-order chi connectivity index (χ1) is 9.79. The Kier molecular flexibility index (Phi) is 4.03. The maximum absolute atomic E-state index is 12.6. The van der Waals surface area contributed by atoms with E-state index in [0.717, 1.165) is 31.7 Å². The first kappa shape index (κ1) is 13.6. The average Bonchev–Trinajstić information content (AvgIpc) is 3.06. The predicted molar refractivity (Wildman–Crippen MR) is 81.0 cm³/mol. The molecule has 1 fully saturated rings. The molecule has 108 valence electrons. The number of nitrogens with one attached hydrogen (secondary N) is 1. The second-order valence-corrected chi connectivity index (χ2v) is 5.75. The predicted octanol–water partition coefficient (Wildman–Crippen LogP) is 1.26. The Morgan fingerprint density at radius 1 is 1.35 bits per heavy atom. The highest BCUT2D eigenvalue weighted by Crippen LogP contribution is 2.28. The summed E-state index contributed by atoms with van der Waals surface area (Å²) in [7, 11) is 1.98. The van der Waals surface area contributed by atoms with Gasteiger partial charge in [-0.05, 0) is 44.5 Å². The van der Waals surface area contributed by atoms with Gasteiger partial charge in [0, 0.05) is 24.8 Å². The van der Waals surface area contributed by atoms with E-state index < -0.39 is 0 Å². The van der Waals surface area contributed by atoms with Crippen molar-refractivity contribution in [2.45, 2.75) is 25.3 Å². The summed E-state index contributed by atoms with van der Waals surface area (Å²) in [6.07, 6.45) is 3.39. The van der Waals surface area contributed by atoms with Crippen molar-refractivity contribution in [2.24, 2.45) is 0 Å². The molecule has 1 aromatic rings. The number of fused-ring (bicyclic) bond motifs is 1. The highest BCUT2D eigenvalue weighted by Gasteiger charge is 2.30. The lowest BCUT2D eigenvalue weighted by molar-refractivity contribution is -0.119. The molecule has 1 saturated heterocycles. The third-order valence-corrected chi connectivity index (χ3v) is 4.47. The van der Waals surface area contributed by atoms with Gasteiger partial charge in [-0.1, -0.05) is 18.2 Å². The molecule has 0 spiro atoms. The van der Waals surface area contributed by atoms with E-state index in [1.807, 2.05) is 18.0 Å². The van der Waals surface area contributed by atoms with E-state index in [2.05, 4.69) is 28.4 Å². The number of para-hydroxylation sites is 1. The fraction of sp³-hybridized carbons (Fsp3) is 0.562. The Balaban J connectivity index is 1.66. The van der Waals surface area contributed by atoms with Crippen molar-refractivity contribution < 1.29 is 4.79 Å². The smallest absolute Gasteiger partial charge is 0.241 e. The highest BCUT2D eigenvalue weighted by molar-refractivity contribution is 5.96. The van der Waals surface area contributed by atoms with Gasteiger partial charge >= 0.3 is 0 Å². The summed E-state index contributed by atoms with van der Waals surface area (Å²) in [5, 5.41) is 3.23. The normalized spacial score (nSPS) is 22.2. The second kappa shape index (κ2) is 5.94. The van der Waals surface area contributed by atoms with Gasteiger partial charge in [0.25, 0.3) is 0 Å². The number of anilines is 1. The number of benzene rings is 1. The summed E-state index contributed by atoms with van der Waals surface area (Å²) >= 11 is 0. The number of amides is 1. The molecule has 0 radical (unpaired) electrons. The fourth-order valence-corrected chi connectivity index (χ4v) is 3.43. The van der Waals surface area contributed by atoms with E-state index in [9.17, 15) is 4.79 Å².